The molecule has 136 valence electrons. The second-order valence-electron chi connectivity index (χ2n) is 6.75. The molecular formula is C19H23N5O2. The highest BCUT2D eigenvalue weighted by molar-refractivity contribution is 5.77. The topological polar surface area (TPSA) is 76.0 Å². The zero-order chi connectivity index (χ0) is 18.1. The molecule has 2 aromatic heterocycles. The van der Waals surface area contributed by atoms with Gasteiger partial charge in [-0.15, -0.1) is 0 Å². The van der Waals surface area contributed by atoms with E-state index in [1.807, 2.05) is 53.9 Å². The number of aryl methyl sites for hydroxylation is 3. The first kappa shape index (κ1) is 16.8. The highest BCUT2D eigenvalue weighted by Crippen LogP contribution is 2.22. The molecule has 1 atom stereocenters. The molecule has 0 radical (unpaired) electrons. The molecule has 1 N–H and O–H groups in total. The number of amides is 1. The van der Waals surface area contributed by atoms with Crippen LogP contribution in [0.15, 0.2) is 30.5 Å². The van der Waals surface area contributed by atoms with Gasteiger partial charge in [0.15, 0.2) is 0 Å². The van der Waals surface area contributed by atoms with Crippen molar-refractivity contribution in [3.05, 3.63) is 47.8 Å². The van der Waals surface area contributed by atoms with E-state index < -0.39 is 0 Å². The van der Waals surface area contributed by atoms with Crippen molar-refractivity contribution in [2.24, 2.45) is 7.05 Å². The zero-order valence-electron chi connectivity index (χ0n) is 15.1. The SMILES string of the molecule is Cc1cn(C)c(C2CN(C(=O)CCc3nc4ccccc4[nH]3)CCO2)n1. The Balaban J connectivity index is 1.38. The largest absolute Gasteiger partial charge is 0.367 e. The van der Waals surface area contributed by atoms with Crippen molar-refractivity contribution < 1.29 is 9.53 Å². The Hall–Kier alpha value is -2.67. The van der Waals surface area contributed by atoms with E-state index in [0.717, 1.165) is 28.4 Å². The predicted molar refractivity (Wildman–Crippen MR) is 97.6 cm³/mol. The third-order valence-corrected chi connectivity index (χ3v) is 4.75. The molecule has 4 rings (SSSR count). The van der Waals surface area contributed by atoms with Gasteiger partial charge in [0.1, 0.15) is 17.8 Å². The molecule has 1 amide bonds. The van der Waals surface area contributed by atoms with Gasteiger partial charge in [0, 0.05) is 32.6 Å². The van der Waals surface area contributed by atoms with E-state index in [1.165, 1.54) is 0 Å². The smallest absolute Gasteiger partial charge is 0.223 e. The molecule has 0 aliphatic carbocycles. The fourth-order valence-electron chi connectivity index (χ4n) is 3.47. The summed E-state index contributed by atoms with van der Waals surface area (Å²) in [6, 6.07) is 7.90. The van der Waals surface area contributed by atoms with Crippen LogP contribution in [0.5, 0.6) is 0 Å². The van der Waals surface area contributed by atoms with Gasteiger partial charge in [-0.05, 0) is 19.1 Å². The van der Waals surface area contributed by atoms with E-state index >= 15 is 0 Å². The van der Waals surface area contributed by atoms with Crippen molar-refractivity contribution in [3.63, 3.8) is 0 Å². The molecule has 1 fully saturated rings. The summed E-state index contributed by atoms with van der Waals surface area (Å²) < 4.78 is 7.82. The quantitative estimate of drug-likeness (QED) is 0.780. The van der Waals surface area contributed by atoms with Crippen molar-refractivity contribution in [2.45, 2.75) is 25.9 Å². The van der Waals surface area contributed by atoms with Crippen molar-refractivity contribution in [1.29, 1.82) is 0 Å². The molecule has 1 saturated heterocycles. The lowest BCUT2D eigenvalue weighted by Gasteiger charge is -2.32. The molecule has 7 heteroatoms. The molecule has 3 heterocycles. The van der Waals surface area contributed by atoms with E-state index in [4.69, 9.17) is 4.74 Å². The van der Waals surface area contributed by atoms with Crippen LogP contribution < -0.4 is 0 Å². The number of para-hydroxylation sites is 2. The molecule has 0 bridgehead atoms. The summed E-state index contributed by atoms with van der Waals surface area (Å²) in [6.45, 7) is 3.66. The van der Waals surface area contributed by atoms with Gasteiger partial charge >= 0.3 is 0 Å². The number of fused-ring (bicyclic) bond motifs is 1. The summed E-state index contributed by atoms with van der Waals surface area (Å²) in [5.41, 5.74) is 2.90. The zero-order valence-corrected chi connectivity index (χ0v) is 15.1. The van der Waals surface area contributed by atoms with Crippen LogP contribution in [-0.2, 0) is 23.0 Å². The van der Waals surface area contributed by atoms with Crippen LogP contribution in [0.4, 0.5) is 0 Å². The summed E-state index contributed by atoms with van der Waals surface area (Å²) in [6.07, 6.45) is 2.85. The Morgan fingerprint density at radius 3 is 2.96 bits per heavy atom. The van der Waals surface area contributed by atoms with E-state index in [-0.39, 0.29) is 12.0 Å². The minimum Gasteiger partial charge on any atom is -0.367 e. The van der Waals surface area contributed by atoms with Crippen LogP contribution in [0.25, 0.3) is 11.0 Å². The average molecular weight is 353 g/mol. The van der Waals surface area contributed by atoms with Crippen LogP contribution in [-0.4, -0.2) is 50.0 Å². The number of imidazole rings is 2. The van der Waals surface area contributed by atoms with Crippen LogP contribution in [0.3, 0.4) is 0 Å². The fraction of sp³-hybridized carbons (Fsp3) is 0.421. The van der Waals surface area contributed by atoms with Gasteiger partial charge in [-0.1, -0.05) is 12.1 Å². The molecule has 3 aromatic rings. The summed E-state index contributed by atoms with van der Waals surface area (Å²) in [4.78, 5) is 26.9. The first-order chi connectivity index (χ1) is 12.6. The number of hydrogen-bond acceptors (Lipinski definition) is 4. The molecule has 26 heavy (non-hydrogen) atoms. The first-order valence-corrected chi connectivity index (χ1v) is 8.93. The number of rotatable bonds is 4. The number of aromatic nitrogens is 4. The molecule has 1 aliphatic heterocycles. The third-order valence-electron chi connectivity index (χ3n) is 4.75. The number of nitrogens with zero attached hydrogens (tertiary/aromatic N) is 4. The standard InChI is InChI=1S/C19H23N5O2/c1-13-11-23(2)19(20-13)16-12-24(9-10-26-16)18(25)8-7-17-21-14-5-3-4-6-15(14)22-17/h3-6,11,16H,7-10,12H2,1-2H3,(H,21,22). The van der Waals surface area contributed by atoms with E-state index in [0.29, 0.717) is 32.5 Å². The van der Waals surface area contributed by atoms with Gasteiger partial charge in [0.2, 0.25) is 5.91 Å². The highest BCUT2D eigenvalue weighted by atomic mass is 16.5. The lowest BCUT2D eigenvalue weighted by atomic mass is 10.2. The minimum absolute atomic E-state index is 0.129. The van der Waals surface area contributed by atoms with Crippen molar-refractivity contribution >= 4 is 16.9 Å². The molecular weight excluding hydrogens is 330 g/mol. The summed E-state index contributed by atoms with van der Waals surface area (Å²) in [5.74, 6) is 1.85. The van der Waals surface area contributed by atoms with E-state index in [1.54, 1.807) is 0 Å². The average Bonchev–Trinajstić information content (AvgIpc) is 3.21. The van der Waals surface area contributed by atoms with Gasteiger partial charge in [-0.2, -0.15) is 0 Å². The van der Waals surface area contributed by atoms with Crippen molar-refractivity contribution in [2.75, 3.05) is 19.7 Å². The number of benzene rings is 1. The first-order valence-electron chi connectivity index (χ1n) is 8.93. The Labute approximate surface area is 152 Å². The second-order valence-corrected chi connectivity index (χ2v) is 6.75. The number of morpholine rings is 1. The monoisotopic (exact) mass is 353 g/mol. The lowest BCUT2D eigenvalue weighted by molar-refractivity contribution is -0.139. The highest BCUT2D eigenvalue weighted by Gasteiger charge is 2.28. The Bertz CT molecular complexity index is 896. The number of hydrogen-bond donors (Lipinski definition) is 1. The molecule has 7 nitrogen and oxygen atoms in total. The fourth-order valence-corrected chi connectivity index (χ4v) is 3.47. The third kappa shape index (κ3) is 3.35. The molecule has 0 spiro atoms. The van der Waals surface area contributed by atoms with Crippen molar-refractivity contribution in [1.82, 2.24) is 24.4 Å². The number of nitrogens with one attached hydrogen (secondary N) is 1. The van der Waals surface area contributed by atoms with E-state index in [2.05, 4.69) is 15.0 Å². The number of carbonyl (C=O) groups excluding carboxylic acids is 1. The molecule has 1 unspecified atom stereocenters. The number of H-pyrrole nitrogens is 1. The van der Waals surface area contributed by atoms with Gasteiger partial charge in [-0.25, -0.2) is 9.97 Å². The van der Waals surface area contributed by atoms with E-state index in [9.17, 15) is 4.79 Å². The lowest BCUT2D eigenvalue weighted by Crippen LogP contribution is -2.43. The number of aromatic amines is 1. The van der Waals surface area contributed by atoms with Crippen molar-refractivity contribution in [3.8, 4) is 0 Å². The summed E-state index contributed by atoms with van der Waals surface area (Å²) in [5, 5.41) is 0. The second kappa shape index (κ2) is 6.92. The van der Waals surface area contributed by atoms with Crippen LogP contribution in [0, 0.1) is 6.92 Å². The Kier molecular flexibility index (Phi) is 4.46. The maximum Gasteiger partial charge on any atom is 0.223 e. The van der Waals surface area contributed by atoms with Crippen LogP contribution in [0.1, 0.15) is 29.9 Å². The Morgan fingerprint density at radius 2 is 2.19 bits per heavy atom. The van der Waals surface area contributed by atoms with Crippen LogP contribution in [0.2, 0.25) is 0 Å². The van der Waals surface area contributed by atoms with Crippen LogP contribution >= 0.6 is 0 Å². The summed E-state index contributed by atoms with van der Waals surface area (Å²) in [7, 11) is 1.96. The van der Waals surface area contributed by atoms with Gasteiger partial charge in [0.05, 0.1) is 29.9 Å². The normalized spacial score (nSPS) is 17.8. The molecule has 1 aromatic carbocycles. The number of ether oxygens (including phenoxy) is 1. The minimum atomic E-state index is -0.169. The molecule has 0 saturated carbocycles. The summed E-state index contributed by atoms with van der Waals surface area (Å²) >= 11 is 0. The van der Waals surface area contributed by atoms with Gasteiger partial charge in [0.25, 0.3) is 0 Å². The maximum absolute atomic E-state index is 12.7. The Morgan fingerprint density at radius 1 is 1.35 bits per heavy atom. The van der Waals surface area contributed by atoms with Gasteiger partial charge in [-0.3, -0.25) is 4.79 Å². The number of carbonyl (C=O) groups is 1. The predicted octanol–water partition coefficient (Wildman–Crippen LogP) is 2.14. The molecule has 1 aliphatic rings. The van der Waals surface area contributed by atoms with Gasteiger partial charge < -0.3 is 19.2 Å². The maximum atomic E-state index is 12.7.